The molecule has 0 saturated heterocycles. The van der Waals surface area contributed by atoms with Crippen molar-refractivity contribution in [2.75, 3.05) is 0 Å². The third-order valence-corrected chi connectivity index (χ3v) is 4.17. The lowest BCUT2D eigenvalue weighted by Crippen LogP contribution is -2.18. The second kappa shape index (κ2) is 4.55. The normalized spacial score (nSPS) is 31.8. The highest BCUT2D eigenvalue weighted by Crippen LogP contribution is 2.42. The maximum Gasteiger partial charge on any atom is -0.00835 e. The Balaban J connectivity index is 2.11. The van der Waals surface area contributed by atoms with Crippen LogP contribution in [0.3, 0.4) is 0 Å². The first-order valence-electron chi connectivity index (χ1n) is 6.58. The fourth-order valence-corrected chi connectivity index (χ4v) is 3.07. The fraction of sp³-hybridized carbons (Fsp3) is 0.733. The molecule has 1 unspecified atom stereocenters. The molecule has 1 atom stereocenters. The van der Waals surface area contributed by atoms with Crippen LogP contribution in [-0.2, 0) is 0 Å². The van der Waals surface area contributed by atoms with Crippen molar-refractivity contribution in [3.05, 3.63) is 23.8 Å². The van der Waals surface area contributed by atoms with Gasteiger partial charge in [0.15, 0.2) is 0 Å². The SMILES string of the molecule is CC(C)C1=CCC2(C=CCCC2)CCC1. The average molecular weight is 204 g/mol. The summed E-state index contributed by atoms with van der Waals surface area (Å²) in [4.78, 5) is 0. The Labute approximate surface area is 94.5 Å². The quantitative estimate of drug-likeness (QED) is 0.535. The summed E-state index contributed by atoms with van der Waals surface area (Å²) in [6, 6.07) is 0. The molecule has 0 bridgehead atoms. The Bertz CT molecular complexity index is 270. The zero-order valence-corrected chi connectivity index (χ0v) is 10.3. The third kappa shape index (κ3) is 2.53. The summed E-state index contributed by atoms with van der Waals surface area (Å²) in [6.45, 7) is 4.67. The smallest absolute Gasteiger partial charge is 0.00835 e. The van der Waals surface area contributed by atoms with E-state index in [0.717, 1.165) is 5.92 Å². The van der Waals surface area contributed by atoms with E-state index in [2.05, 4.69) is 32.1 Å². The van der Waals surface area contributed by atoms with Gasteiger partial charge in [0.05, 0.1) is 0 Å². The Morgan fingerprint density at radius 2 is 2.00 bits per heavy atom. The van der Waals surface area contributed by atoms with Crippen LogP contribution in [-0.4, -0.2) is 0 Å². The molecule has 1 spiro atoms. The number of hydrogen-bond donors (Lipinski definition) is 0. The molecule has 0 aromatic carbocycles. The van der Waals surface area contributed by atoms with Gasteiger partial charge in [-0.05, 0) is 56.3 Å². The predicted octanol–water partition coefficient (Wildman–Crippen LogP) is 4.87. The molecule has 0 aromatic heterocycles. The van der Waals surface area contributed by atoms with Crippen molar-refractivity contribution in [1.29, 1.82) is 0 Å². The van der Waals surface area contributed by atoms with Gasteiger partial charge in [-0.15, -0.1) is 0 Å². The third-order valence-electron chi connectivity index (χ3n) is 4.17. The Hall–Kier alpha value is -0.520. The van der Waals surface area contributed by atoms with E-state index in [1.165, 1.54) is 44.9 Å². The second-order valence-corrected chi connectivity index (χ2v) is 5.65. The fourth-order valence-electron chi connectivity index (χ4n) is 3.07. The topological polar surface area (TPSA) is 0 Å². The Morgan fingerprint density at radius 1 is 1.20 bits per heavy atom. The van der Waals surface area contributed by atoms with Crippen LogP contribution >= 0.6 is 0 Å². The molecule has 2 aliphatic carbocycles. The maximum atomic E-state index is 2.55. The number of rotatable bonds is 1. The van der Waals surface area contributed by atoms with Gasteiger partial charge in [0.25, 0.3) is 0 Å². The molecule has 0 nitrogen and oxygen atoms in total. The zero-order valence-electron chi connectivity index (χ0n) is 10.3. The largest absolute Gasteiger partial charge is 0.0880 e. The molecular formula is C15H24. The minimum atomic E-state index is 0.550. The van der Waals surface area contributed by atoms with Crippen molar-refractivity contribution < 1.29 is 0 Å². The molecule has 0 fully saturated rings. The van der Waals surface area contributed by atoms with Crippen LogP contribution in [0.1, 0.15) is 58.8 Å². The van der Waals surface area contributed by atoms with Crippen LogP contribution < -0.4 is 0 Å². The van der Waals surface area contributed by atoms with Gasteiger partial charge in [-0.1, -0.05) is 37.6 Å². The molecule has 0 radical (unpaired) electrons. The van der Waals surface area contributed by atoms with Crippen LogP contribution in [0.5, 0.6) is 0 Å². The summed E-state index contributed by atoms with van der Waals surface area (Å²) < 4.78 is 0. The van der Waals surface area contributed by atoms with Crippen LogP contribution in [0.4, 0.5) is 0 Å². The predicted molar refractivity (Wildman–Crippen MR) is 66.8 cm³/mol. The minimum absolute atomic E-state index is 0.550. The van der Waals surface area contributed by atoms with Gasteiger partial charge < -0.3 is 0 Å². The molecule has 2 aliphatic rings. The average Bonchev–Trinajstić information content (AvgIpc) is 2.43. The first-order chi connectivity index (χ1) is 7.22. The van der Waals surface area contributed by atoms with E-state index in [4.69, 9.17) is 0 Å². The first kappa shape index (κ1) is 11.0. The van der Waals surface area contributed by atoms with Crippen molar-refractivity contribution >= 4 is 0 Å². The molecule has 0 heterocycles. The van der Waals surface area contributed by atoms with Gasteiger partial charge in [0.2, 0.25) is 0 Å². The second-order valence-electron chi connectivity index (χ2n) is 5.65. The maximum absolute atomic E-state index is 2.55. The van der Waals surface area contributed by atoms with Crippen LogP contribution in [0, 0.1) is 11.3 Å². The number of allylic oxidation sites excluding steroid dienone is 4. The van der Waals surface area contributed by atoms with E-state index in [1.54, 1.807) is 5.57 Å². The summed E-state index contributed by atoms with van der Waals surface area (Å²) in [5.74, 6) is 0.757. The monoisotopic (exact) mass is 204 g/mol. The van der Waals surface area contributed by atoms with Crippen molar-refractivity contribution in [3.63, 3.8) is 0 Å². The molecule has 0 aliphatic heterocycles. The van der Waals surface area contributed by atoms with Gasteiger partial charge in [0.1, 0.15) is 0 Å². The van der Waals surface area contributed by atoms with E-state index in [0.29, 0.717) is 5.41 Å². The van der Waals surface area contributed by atoms with Crippen molar-refractivity contribution in [2.45, 2.75) is 58.8 Å². The summed E-state index contributed by atoms with van der Waals surface area (Å²) in [5, 5.41) is 0. The van der Waals surface area contributed by atoms with Crippen LogP contribution in [0.25, 0.3) is 0 Å². The van der Waals surface area contributed by atoms with Crippen LogP contribution in [0.2, 0.25) is 0 Å². The molecule has 2 rings (SSSR count). The van der Waals surface area contributed by atoms with E-state index in [9.17, 15) is 0 Å². The summed E-state index contributed by atoms with van der Waals surface area (Å²) in [5.41, 5.74) is 2.25. The lowest BCUT2D eigenvalue weighted by molar-refractivity contribution is 0.304. The van der Waals surface area contributed by atoms with Gasteiger partial charge in [-0.2, -0.15) is 0 Å². The van der Waals surface area contributed by atoms with Gasteiger partial charge >= 0.3 is 0 Å². The lowest BCUT2D eigenvalue weighted by Gasteiger charge is -2.31. The van der Waals surface area contributed by atoms with Crippen LogP contribution in [0.15, 0.2) is 23.8 Å². The molecule has 0 saturated carbocycles. The molecule has 84 valence electrons. The zero-order chi connectivity index (χ0) is 10.7. The Morgan fingerprint density at radius 3 is 2.67 bits per heavy atom. The van der Waals surface area contributed by atoms with Gasteiger partial charge in [0, 0.05) is 0 Å². The first-order valence-corrected chi connectivity index (χ1v) is 6.58. The lowest BCUT2D eigenvalue weighted by atomic mass is 9.74. The molecule has 0 aromatic rings. The highest BCUT2D eigenvalue weighted by molar-refractivity contribution is 5.14. The van der Waals surface area contributed by atoms with E-state index < -0.39 is 0 Å². The summed E-state index contributed by atoms with van der Waals surface area (Å²) in [6.07, 6.45) is 17.1. The van der Waals surface area contributed by atoms with E-state index >= 15 is 0 Å². The van der Waals surface area contributed by atoms with Gasteiger partial charge in [-0.3, -0.25) is 0 Å². The minimum Gasteiger partial charge on any atom is -0.0880 e. The van der Waals surface area contributed by atoms with E-state index in [-0.39, 0.29) is 0 Å². The number of hydrogen-bond acceptors (Lipinski definition) is 0. The van der Waals surface area contributed by atoms with Crippen molar-refractivity contribution in [3.8, 4) is 0 Å². The van der Waals surface area contributed by atoms with Gasteiger partial charge in [-0.25, -0.2) is 0 Å². The molecular weight excluding hydrogens is 180 g/mol. The van der Waals surface area contributed by atoms with Crippen molar-refractivity contribution in [1.82, 2.24) is 0 Å². The highest BCUT2D eigenvalue weighted by atomic mass is 14.3. The highest BCUT2D eigenvalue weighted by Gasteiger charge is 2.29. The molecule has 0 heteroatoms. The standard InChI is InChI=1S/C15H24/c1-13(2)14-7-6-11-15(12-8-14)9-4-3-5-10-15/h4,8-9,13H,3,5-7,10-12H2,1-2H3. The van der Waals surface area contributed by atoms with Crippen molar-refractivity contribution in [2.24, 2.45) is 11.3 Å². The molecule has 15 heavy (non-hydrogen) atoms. The molecule has 0 amide bonds. The molecule has 0 N–H and O–H groups in total. The summed E-state index contributed by atoms with van der Waals surface area (Å²) in [7, 11) is 0. The Kier molecular flexibility index (Phi) is 3.33. The van der Waals surface area contributed by atoms with E-state index in [1.807, 2.05) is 0 Å². The summed E-state index contributed by atoms with van der Waals surface area (Å²) >= 11 is 0.